The van der Waals surface area contributed by atoms with Crippen molar-refractivity contribution in [3.05, 3.63) is 67.1 Å². The smallest absolute Gasteiger partial charge is 0.0889 e. The Balaban J connectivity index is 1.84. The first-order valence-corrected chi connectivity index (χ1v) is 8.19. The molecular weight excluding hydrogens is 302 g/mol. The average molecular weight is 313 g/mol. The molecule has 5 rings (SSSR count). The zero-order chi connectivity index (χ0) is 15.2. The van der Waals surface area contributed by atoms with Crippen LogP contribution < -0.4 is 0 Å². The van der Waals surface area contributed by atoms with Crippen LogP contribution in [0.3, 0.4) is 0 Å². The summed E-state index contributed by atoms with van der Waals surface area (Å²) < 4.78 is 2.35. The number of benzene rings is 1. The van der Waals surface area contributed by atoms with Crippen LogP contribution in [0.2, 0.25) is 0 Å². The van der Waals surface area contributed by atoms with Crippen molar-refractivity contribution in [2.24, 2.45) is 0 Å². The van der Waals surface area contributed by atoms with Gasteiger partial charge in [0.15, 0.2) is 0 Å². The fraction of sp³-hybridized carbons (Fsp3) is 0. The van der Waals surface area contributed by atoms with Gasteiger partial charge in [-0.3, -0.25) is 15.0 Å². The first-order valence-electron chi connectivity index (χ1n) is 7.37. The van der Waals surface area contributed by atoms with Crippen molar-refractivity contribution in [1.29, 1.82) is 0 Å². The molecule has 0 saturated heterocycles. The van der Waals surface area contributed by atoms with E-state index in [0.29, 0.717) is 0 Å². The Bertz CT molecular complexity index is 1170. The minimum Gasteiger partial charge on any atom is -0.256 e. The SMILES string of the molecule is c1cnc2c(-c3cc4c(cn3)sc3cccnc34)cccc2c1. The molecular formula is C19H11N3S. The Labute approximate surface area is 136 Å². The molecule has 4 heteroatoms. The van der Waals surface area contributed by atoms with Gasteiger partial charge in [-0.05, 0) is 24.3 Å². The molecule has 4 aromatic heterocycles. The van der Waals surface area contributed by atoms with E-state index in [1.54, 1.807) is 11.3 Å². The molecule has 0 saturated carbocycles. The highest BCUT2D eigenvalue weighted by molar-refractivity contribution is 7.25. The normalized spacial score (nSPS) is 11.5. The molecule has 0 radical (unpaired) electrons. The third-order valence-corrected chi connectivity index (χ3v) is 5.12. The Morgan fingerprint density at radius 1 is 0.739 bits per heavy atom. The lowest BCUT2D eigenvalue weighted by Crippen LogP contribution is -1.87. The maximum absolute atomic E-state index is 4.67. The quantitative estimate of drug-likeness (QED) is 0.434. The van der Waals surface area contributed by atoms with Gasteiger partial charge in [0.1, 0.15) is 0 Å². The van der Waals surface area contributed by atoms with Crippen LogP contribution in [0.4, 0.5) is 0 Å². The van der Waals surface area contributed by atoms with Gasteiger partial charge in [-0.15, -0.1) is 11.3 Å². The monoisotopic (exact) mass is 313 g/mol. The van der Waals surface area contributed by atoms with Crippen LogP contribution in [0.15, 0.2) is 67.1 Å². The summed E-state index contributed by atoms with van der Waals surface area (Å²) >= 11 is 1.73. The number of pyridine rings is 3. The molecule has 5 aromatic rings. The number of aromatic nitrogens is 3. The van der Waals surface area contributed by atoms with Crippen LogP contribution in [-0.2, 0) is 0 Å². The second-order valence-electron chi connectivity index (χ2n) is 5.40. The molecule has 3 nitrogen and oxygen atoms in total. The van der Waals surface area contributed by atoms with Crippen LogP contribution in [0, 0.1) is 0 Å². The summed E-state index contributed by atoms with van der Waals surface area (Å²) in [5, 5.41) is 2.28. The molecule has 0 atom stereocenters. The lowest BCUT2D eigenvalue weighted by Gasteiger charge is -2.05. The molecule has 0 bridgehead atoms. The summed E-state index contributed by atoms with van der Waals surface area (Å²) in [5.41, 5.74) is 4.02. The van der Waals surface area contributed by atoms with Crippen LogP contribution >= 0.6 is 11.3 Å². The molecule has 0 spiro atoms. The van der Waals surface area contributed by atoms with Gasteiger partial charge < -0.3 is 0 Å². The van der Waals surface area contributed by atoms with E-state index in [4.69, 9.17) is 0 Å². The second-order valence-corrected chi connectivity index (χ2v) is 6.48. The molecule has 108 valence electrons. The minimum absolute atomic E-state index is 0.937. The summed E-state index contributed by atoms with van der Waals surface area (Å²) in [4.78, 5) is 13.7. The highest BCUT2D eigenvalue weighted by atomic mass is 32.1. The predicted molar refractivity (Wildman–Crippen MR) is 95.7 cm³/mol. The Morgan fingerprint density at radius 2 is 1.57 bits per heavy atom. The van der Waals surface area contributed by atoms with E-state index < -0.39 is 0 Å². The standard InChI is InChI=1S/C19H11N3S/c1-4-12-5-2-8-20-18(12)13(6-1)15-10-14-17(11-22-15)23-16-7-3-9-21-19(14)16/h1-11H. The molecule has 0 unspecified atom stereocenters. The lowest BCUT2D eigenvalue weighted by atomic mass is 10.1. The highest BCUT2D eigenvalue weighted by Gasteiger charge is 2.10. The number of rotatable bonds is 1. The number of para-hydroxylation sites is 1. The van der Waals surface area contributed by atoms with E-state index >= 15 is 0 Å². The largest absolute Gasteiger partial charge is 0.256 e. The molecule has 23 heavy (non-hydrogen) atoms. The van der Waals surface area contributed by atoms with Crippen molar-refractivity contribution < 1.29 is 0 Å². The Kier molecular flexibility index (Phi) is 2.66. The van der Waals surface area contributed by atoms with Gasteiger partial charge in [-0.25, -0.2) is 0 Å². The van der Waals surface area contributed by atoms with Gasteiger partial charge in [0.2, 0.25) is 0 Å². The number of hydrogen-bond donors (Lipinski definition) is 0. The highest BCUT2D eigenvalue weighted by Crippen LogP contribution is 2.35. The summed E-state index contributed by atoms with van der Waals surface area (Å²) in [6, 6.07) is 16.4. The molecule has 0 N–H and O–H groups in total. The van der Waals surface area contributed by atoms with E-state index in [1.807, 2.05) is 30.7 Å². The topological polar surface area (TPSA) is 38.7 Å². The van der Waals surface area contributed by atoms with Crippen molar-refractivity contribution in [3.8, 4) is 11.3 Å². The summed E-state index contributed by atoms with van der Waals surface area (Å²) in [7, 11) is 0. The number of fused-ring (bicyclic) bond motifs is 4. The van der Waals surface area contributed by atoms with Crippen LogP contribution in [0.25, 0.3) is 42.5 Å². The van der Waals surface area contributed by atoms with E-state index in [2.05, 4.69) is 51.4 Å². The third kappa shape index (κ3) is 1.92. The first kappa shape index (κ1) is 12.7. The van der Waals surface area contributed by atoms with Gasteiger partial charge in [-0.2, -0.15) is 0 Å². The summed E-state index contributed by atoms with van der Waals surface area (Å²) in [6.07, 6.45) is 5.61. The van der Waals surface area contributed by atoms with E-state index in [1.165, 1.54) is 4.70 Å². The van der Waals surface area contributed by atoms with Gasteiger partial charge >= 0.3 is 0 Å². The van der Waals surface area contributed by atoms with Gasteiger partial charge in [0.25, 0.3) is 0 Å². The fourth-order valence-electron chi connectivity index (χ4n) is 2.96. The van der Waals surface area contributed by atoms with Crippen molar-refractivity contribution in [2.75, 3.05) is 0 Å². The van der Waals surface area contributed by atoms with Crippen molar-refractivity contribution in [2.45, 2.75) is 0 Å². The van der Waals surface area contributed by atoms with E-state index in [-0.39, 0.29) is 0 Å². The summed E-state index contributed by atoms with van der Waals surface area (Å²) in [6.45, 7) is 0. The van der Waals surface area contributed by atoms with Crippen molar-refractivity contribution in [3.63, 3.8) is 0 Å². The predicted octanol–water partition coefficient (Wildman–Crippen LogP) is 5.06. The minimum atomic E-state index is 0.937. The summed E-state index contributed by atoms with van der Waals surface area (Å²) in [5.74, 6) is 0. The molecule has 0 aliphatic carbocycles. The molecule has 4 heterocycles. The maximum Gasteiger partial charge on any atom is 0.0889 e. The van der Waals surface area contributed by atoms with Crippen LogP contribution in [-0.4, -0.2) is 15.0 Å². The van der Waals surface area contributed by atoms with Crippen LogP contribution in [0.1, 0.15) is 0 Å². The first-order chi connectivity index (χ1) is 11.4. The zero-order valence-corrected chi connectivity index (χ0v) is 12.9. The van der Waals surface area contributed by atoms with Crippen LogP contribution in [0.5, 0.6) is 0 Å². The molecule has 1 aromatic carbocycles. The van der Waals surface area contributed by atoms with Gasteiger partial charge in [-0.1, -0.05) is 24.3 Å². The number of nitrogens with zero attached hydrogens (tertiary/aromatic N) is 3. The molecule has 0 aliphatic rings. The van der Waals surface area contributed by atoms with E-state index in [0.717, 1.165) is 37.8 Å². The Morgan fingerprint density at radius 3 is 2.52 bits per heavy atom. The fourth-order valence-corrected chi connectivity index (χ4v) is 3.97. The second kappa shape index (κ2) is 4.83. The average Bonchev–Trinajstić information content (AvgIpc) is 2.99. The zero-order valence-electron chi connectivity index (χ0n) is 12.1. The lowest BCUT2D eigenvalue weighted by molar-refractivity contribution is 1.35. The third-order valence-electron chi connectivity index (χ3n) is 4.02. The molecule has 0 fully saturated rings. The number of hydrogen-bond acceptors (Lipinski definition) is 4. The Hall–Kier alpha value is -2.85. The van der Waals surface area contributed by atoms with Crippen molar-refractivity contribution in [1.82, 2.24) is 15.0 Å². The maximum atomic E-state index is 4.67. The van der Waals surface area contributed by atoms with E-state index in [9.17, 15) is 0 Å². The number of thiophene rings is 1. The van der Waals surface area contributed by atoms with Gasteiger partial charge in [0.05, 0.1) is 26.1 Å². The molecule has 0 amide bonds. The van der Waals surface area contributed by atoms with Crippen molar-refractivity contribution >= 4 is 42.5 Å². The molecule has 0 aliphatic heterocycles. The van der Waals surface area contributed by atoms with Gasteiger partial charge in [0, 0.05) is 34.9 Å².